The Labute approximate surface area is 113 Å². The lowest BCUT2D eigenvalue weighted by Crippen LogP contribution is -2.39. The number of carbonyl (C=O) groups excluding carboxylic acids is 1. The molecule has 2 nitrogen and oxygen atoms in total. The Balaban J connectivity index is 2.73. The highest BCUT2D eigenvalue weighted by molar-refractivity contribution is 6.30. The third-order valence-electron chi connectivity index (χ3n) is 2.57. The third-order valence-corrected chi connectivity index (χ3v) is 3.47. The van der Waals surface area contributed by atoms with Gasteiger partial charge in [0.05, 0.1) is 5.41 Å². The summed E-state index contributed by atoms with van der Waals surface area (Å²) in [5.74, 6) is 0.346. The van der Waals surface area contributed by atoms with Crippen LogP contribution in [0.25, 0.3) is 0 Å². The van der Waals surface area contributed by atoms with Crippen molar-refractivity contribution in [2.45, 2.75) is 20.4 Å². The summed E-state index contributed by atoms with van der Waals surface area (Å²) in [7, 11) is 1.78. The Morgan fingerprint density at radius 3 is 2.59 bits per heavy atom. The fourth-order valence-electron chi connectivity index (χ4n) is 1.55. The first kappa shape index (κ1) is 14.3. The monoisotopic (exact) mass is 273 g/mol. The Hall–Kier alpha value is -0.730. The van der Waals surface area contributed by atoms with Gasteiger partial charge in [0.15, 0.2) is 0 Å². The number of rotatable bonds is 4. The zero-order valence-electron chi connectivity index (χ0n) is 10.3. The topological polar surface area (TPSA) is 20.3 Å². The average molecular weight is 274 g/mol. The van der Waals surface area contributed by atoms with Gasteiger partial charge < -0.3 is 4.90 Å². The molecule has 0 aliphatic carbocycles. The van der Waals surface area contributed by atoms with Gasteiger partial charge in [-0.15, -0.1) is 11.6 Å². The van der Waals surface area contributed by atoms with E-state index in [9.17, 15) is 4.79 Å². The van der Waals surface area contributed by atoms with Gasteiger partial charge in [-0.2, -0.15) is 0 Å². The first-order valence-electron chi connectivity index (χ1n) is 5.43. The molecule has 0 spiro atoms. The molecular weight excluding hydrogens is 257 g/mol. The lowest BCUT2D eigenvalue weighted by Gasteiger charge is -2.27. The van der Waals surface area contributed by atoms with E-state index in [0.29, 0.717) is 17.4 Å². The van der Waals surface area contributed by atoms with Gasteiger partial charge in [-0.25, -0.2) is 0 Å². The minimum Gasteiger partial charge on any atom is -0.341 e. The number of benzene rings is 1. The standard InChI is InChI=1S/C13H17Cl2NO/c1-13(2,9-14)12(17)16(3)8-10-5-4-6-11(15)7-10/h4-7H,8-9H2,1-3H3. The van der Waals surface area contributed by atoms with Crippen molar-refractivity contribution in [2.75, 3.05) is 12.9 Å². The quantitative estimate of drug-likeness (QED) is 0.769. The number of hydrogen-bond acceptors (Lipinski definition) is 1. The highest BCUT2D eigenvalue weighted by atomic mass is 35.5. The number of carbonyl (C=O) groups is 1. The predicted molar refractivity (Wildman–Crippen MR) is 72.4 cm³/mol. The van der Waals surface area contributed by atoms with Gasteiger partial charge in [-0.05, 0) is 31.5 Å². The molecule has 0 saturated heterocycles. The summed E-state index contributed by atoms with van der Waals surface area (Å²) in [5, 5.41) is 0.681. The summed E-state index contributed by atoms with van der Waals surface area (Å²) >= 11 is 11.7. The molecule has 0 aliphatic rings. The molecule has 0 N–H and O–H groups in total. The molecule has 1 rings (SSSR count). The fraction of sp³-hybridized carbons (Fsp3) is 0.462. The maximum atomic E-state index is 12.1. The minimum absolute atomic E-state index is 0.0347. The van der Waals surface area contributed by atoms with Crippen molar-refractivity contribution in [3.63, 3.8) is 0 Å². The smallest absolute Gasteiger partial charge is 0.229 e. The molecule has 0 unspecified atom stereocenters. The number of amides is 1. The van der Waals surface area contributed by atoms with Crippen LogP contribution in [0, 0.1) is 5.41 Å². The third kappa shape index (κ3) is 3.90. The van der Waals surface area contributed by atoms with Crippen molar-refractivity contribution in [3.05, 3.63) is 34.9 Å². The maximum Gasteiger partial charge on any atom is 0.229 e. The zero-order valence-corrected chi connectivity index (χ0v) is 11.8. The van der Waals surface area contributed by atoms with Crippen LogP contribution in [0.15, 0.2) is 24.3 Å². The first-order valence-corrected chi connectivity index (χ1v) is 6.34. The molecule has 0 fully saturated rings. The maximum absolute atomic E-state index is 12.1. The van der Waals surface area contributed by atoms with E-state index in [0.717, 1.165) is 5.56 Å². The summed E-state index contributed by atoms with van der Waals surface area (Å²) in [6, 6.07) is 7.50. The van der Waals surface area contributed by atoms with Crippen molar-refractivity contribution < 1.29 is 4.79 Å². The number of nitrogens with zero attached hydrogens (tertiary/aromatic N) is 1. The molecule has 17 heavy (non-hydrogen) atoms. The SMILES string of the molecule is CN(Cc1cccc(Cl)c1)C(=O)C(C)(C)CCl. The van der Waals surface area contributed by atoms with Gasteiger partial charge in [0.25, 0.3) is 0 Å². The van der Waals surface area contributed by atoms with Crippen molar-refractivity contribution in [2.24, 2.45) is 5.41 Å². The van der Waals surface area contributed by atoms with E-state index in [4.69, 9.17) is 23.2 Å². The highest BCUT2D eigenvalue weighted by Gasteiger charge is 2.29. The van der Waals surface area contributed by atoms with Crippen LogP contribution in [-0.4, -0.2) is 23.7 Å². The van der Waals surface area contributed by atoms with Crippen LogP contribution in [0.1, 0.15) is 19.4 Å². The average Bonchev–Trinajstić information content (AvgIpc) is 2.28. The van der Waals surface area contributed by atoms with Gasteiger partial charge >= 0.3 is 0 Å². The summed E-state index contributed by atoms with van der Waals surface area (Å²) < 4.78 is 0. The molecule has 0 aromatic heterocycles. The number of alkyl halides is 1. The van der Waals surface area contributed by atoms with Crippen LogP contribution >= 0.6 is 23.2 Å². The van der Waals surface area contributed by atoms with Crippen LogP contribution in [0.3, 0.4) is 0 Å². The molecule has 1 aromatic rings. The highest BCUT2D eigenvalue weighted by Crippen LogP contribution is 2.21. The van der Waals surface area contributed by atoms with Crippen molar-refractivity contribution in [3.8, 4) is 0 Å². The van der Waals surface area contributed by atoms with E-state index < -0.39 is 5.41 Å². The molecule has 0 aliphatic heterocycles. The largest absolute Gasteiger partial charge is 0.341 e. The van der Waals surface area contributed by atoms with Gasteiger partial charge in [0.1, 0.15) is 0 Å². The molecule has 0 saturated carbocycles. The number of halogens is 2. The van der Waals surface area contributed by atoms with Crippen LogP contribution < -0.4 is 0 Å². The second-order valence-corrected chi connectivity index (χ2v) is 5.51. The van der Waals surface area contributed by atoms with E-state index in [1.807, 2.05) is 38.1 Å². The van der Waals surface area contributed by atoms with Crippen LogP contribution in [0.2, 0.25) is 5.02 Å². The van der Waals surface area contributed by atoms with Crippen LogP contribution in [-0.2, 0) is 11.3 Å². The van der Waals surface area contributed by atoms with Gasteiger partial charge in [-0.3, -0.25) is 4.79 Å². The van der Waals surface area contributed by atoms with E-state index in [-0.39, 0.29) is 5.91 Å². The lowest BCUT2D eigenvalue weighted by atomic mass is 9.94. The van der Waals surface area contributed by atoms with E-state index >= 15 is 0 Å². The summed E-state index contributed by atoms with van der Waals surface area (Å²) in [4.78, 5) is 13.8. The Bertz CT molecular complexity index is 404. The summed E-state index contributed by atoms with van der Waals surface area (Å²) in [5.41, 5.74) is 0.480. The Morgan fingerprint density at radius 1 is 1.41 bits per heavy atom. The second-order valence-electron chi connectivity index (χ2n) is 4.81. The van der Waals surface area contributed by atoms with E-state index in [1.54, 1.807) is 11.9 Å². The predicted octanol–water partition coefficient (Wildman–Crippen LogP) is 3.56. The van der Waals surface area contributed by atoms with Crippen LogP contribution in [0.4, 0.5) is 0 Å². The molecule has 4 heteroatoms. The Morgan fingerprint density at radius 2 is 2.06 bits per heavy atom. The van der Waals surface area contributed by atoms with Gasteiger partial charge in [-0.1, -0.05) is 23.7 Å². The van der Waals surface area contributed by atoms with Crippen molar-refractivity contribution in [1.29, 1.82) is 0 Å². The van der Waals surface area contributed by atoms with Gasteiger partial charge in [0.2, 0.25) is 5.91 Å². The van der Waals surface area contributed by atoms with Gasteiger partial charge in [0, 0.05) is 24.5 Å². The molecule has 94 valence electrons. The lowest BCUT2D eigenvalue weighted by molar-refractivity contribution is -0.138. The molecule has 1 amide bonds. The first-order chi connectivity index (χ1) is 7.86. The molecule has 0 heterocycles. The van der Waals surface area contributed by atoms with E-state index in [1.165, 1.54) is 0 Å². The summed E-state index contributed by atoms with van der Waals surface area (Å²) in [6.45, 7) is 4.23. The molecule has 0 radical (unpaired) electrons. The molecular formula is C13H17Cl2NO. The fourth-order valence-corrected chi connectivity index (χ4v) is 1.88. The van der Waals surface area contributed by atoms with Crippen LogP contribution in [0.5, 0.6) is 0 Å². The van der Waals surface area contributed by atoms with Crippen molar-refractivity contribution in [1.82, 2.24) is 4.90 Å². The van der Waals surface area contributed by atoms with E-state index in [2.05, 4.69) is 0 Å². The second kappa shape index (κ2) is 5.74. The molecule has 0 bridgehead atoms. The number of hydrogen-bond donors (Lipinski definition) is 0. The summed E-state index contributed by atoms with van der Waals surface area (Å²) in [6.07, 6.45) is 0. The zero-order chi connectivity index (χ0) is 13.1. The molecule has 0 atom stereocenters. The Kier molecular flexibility index (Phi) is 4.84. The normalized spacial score (nSPS) is 11.4. The minimum atomic E-state index is -0.533. The molecule has 1 aromatic carbocycles. The van der Waals surface area contributed by atoms with Crippen molar-refractivity contribution >= 4 is 29.1 Å².